The van der Waals surface area contributed by atoms with Gasteiger partial charge < -0.3 is 15.4 Å². The van der Waals surface area contributed by atoms with Gasteiger partial charge in [-0.3, -0.25) is 4.99 Å². The normalized spacial score (nSPS) is 11.3. The van der Waals surface area contributed by atoms with Crippen molar-refractivity contribution >= 4 is 17.3 Å². The summed E-state index contributed by atoms with van der Waals surface area (Å²) in [4.78, 5) is 9.90. The van der Waals surface area contributed by atoms with Crippen LogP contribution in [0.1, 0.15) is 23.8 Å². The van der Waals surface area contributed by atoms with Gasteiger partial charge in [0, 0.05) is 37.3 Å². The minimum atomic E-state index is 0.675. The van der Waals surface area contributed by atoms with Gasteiger partial charge in [-0.25, -0.2) is 4.98 Å². The van der Waals surface area contributed by atoms with Gasteiger partial charge >= 0.3 is 0 Å². The molecule has 0 unspecified atom stereocenters. The van der Waals surface area contributed by atoms with Crippen molar-refractivity contribution in [3.8, 4) is 5.88 Å². The van der Waals surface area contributed by atoms with Gasteiger partial charge in [-0.05, 0) is 29.9 Å². The van der Waals surface area contributed by atoms with Crippen LogP contribution in [0.3, 0.4) is 0 Å². The number of aliphatic imine (C=N–C) groups is 1. The molecule has 124 valence electrons. The molecule has 2 aromatic heterocycles. The van der Waals surface area contributed by atoms with Crippen LogP contribution in [0.2, 0.25) is 0 Å². The smallest absolute Gasteiger partial charge is 0.213 e. The number of hydrogen-bond donors (Lipinski definition) is 2. The van der Waals surface area contributed by atoms with Gasteiger partial charge in [0.2, 0.25) is 5.88 Å². The van der Waals surface area contributed by atoms with Crippen molar-refractivity contribution in [3.63, 3.8) is 0 Å². The molecular weight excluding hydrogens is 308 g/mol. The van der Waals surface area contributed by atoms with Gasteiger partial charge in [0.25, 0.3) is 0 Å². The first-order chi connectivity index (χ1) is 11.3. The van der Waals surface area contributed by atoms with Crippen LogP contribution in [0.25, 0.3) is 0 Å². The first-order valence-corrected chi connectivity index (χ1v) is 8.74. The molecule has 0 aliphatic carbocycles. The summed E-state index contributed by atoms with van der Waals surface area (Å²) in [6.07, 6.45) is 3.82. The highest BCUT2D eigenvalue weighted by molar-refractivity contribution is 7.09. The highest BCUT2D eigenvalue weighted by Gasteiger charge is 2.01. The lowest BCUT2D eigenvalue weighted by Crippen LogP contribution is -2.37. The lowest BCUT2D eigenvalue weighted by Gasteiger charge is -2.11. The van der Waals surface area contributed by atoms with Crippen molar-refractivity contribution in [1.29, 1.82) is 0 Å². The van der Waals surface area contributed by atoms with Gasteiger partial charge in [-0.2, -0.15) is 0 Å². The third-order valence-corrected chi connectivity index (χ3v) is 4.12. The molecule has 2 rings (SSSR count). The molecule has 5 nitrogen and oxygen atoms in total. The topological polar surface area (TPSA) is 58.5 Å². The predicted octanol–water partition coefficient (Wildman–Crippen LogP) is 2.84. The van der Waals surface area contributed by atoms with E-state index < -0.39 is 0 Å². The molecule has 2 N–H and O–H groups in total. The molecule has 0 radical (unpaired) electrons. The third-order valence-electron chi connectivity index (χ3n) is 3.18. The Kier molecular flexibility index (Phi) is 7.39. The summed E-state index contributed by atoms with van der Waals surface area (Å²) in [6, 6.07) is 8.15. The molecule has 0 amide bonds. The summed E-state index contributed by atoms with van der Waals surface area (Å²) < 4.78 is 5.48. The minimum absolute atomic E-state index is 0.675. The molecule has 0 aromatic carbocycles. The molecule has 0 bridgehead atoms. The van der Waals surface area contributed by atoms with Crippen LogP contribution >= 0.6 is 11.3 Å². The zero-order valence-electron chi connectivity index (χ0n) is 13.7. The number of nitrogens with zero attached hydrogens (tertiary/aromatic N) is 2. The van der Waals surface area contributed by atoms with Crippen molar-refractivity contribution in [2.45, 2.75) is 26.3 Å². The van der Waals surface area contributed by atoms with E-state index in [-0.39, 0.29) is 0 Å². The quantitative estimate of drug-likeness (QED) is 0.576. The zero-order valence-corrected chi connectivity index (χ0v) is 14.5. The highest BCUT2D eigenvalue weighted by atomic mass is 32.1. The van der Waals surface area contributed by atoms with E-state index in [0.29, 0.717) is 19.0 Å². The molecule has 23 heavy (non-hydrogen) atoms. The second-order valence-corrected chi connectivity index (χ2v) is 6.07. The first-order valence-electron chi connectivity index (χ1n) is 7.86. The molecule has 0 aliphatic heterocycles. The Morgan fingerprint density at radius 1 is 1.30 bits per heavy atom. The maximum absolute atomic E-state index is 5.48. The zero-order chi connectivity index (χ0) is 16.3. The lowest BCUT2D eigenvalue weighted by atomic mass is 10.3. The van der Waals surface area contributed by atoms with Gasteiger partial charge in [-0.1, -0.05) is 19.1 Å². The van der Waals surface area contributed by atoms with E-state index in [0.717, 1.165) is 30.9 Å². The standard InChI is InChI=1S/C17H24N4OS/c1-3-10-22-16-7-6-14(12-20-16)13-21-17(18-2)19-9-8-15-5-4-11-23-15/h4-7,11-12H,3,8-10,13H2,1-2H3,(H2,18,19,21). The van der Waals surface area contributed by atoms with Crippen molar-refractivity contribution in [2.75, 3.05) is 20.2 Å². The van der Waals surface area contributed by atoms with E-state index >= 15 is 0 Å². The Morgan fingerprint density at radius 3 is 2.87 bits per heavy atom. The number of rotatable bonds is 8. The Morgan fingerprint density at radius 2 is 2.22 bits per heavy atom. The molecular formula is C17H24N4OS. The van der Waals surface area contributed by atoms with Crippen molar-refractivity contribution in [1.82, 2.24) is 15.6 Å². The van der Waals surface area contributed by atoms with E-state index in [1.165, 1.54) is 4.88 Å². The molecule has 2 heterocycles. The van der Waals surface area contributed by atoms with Crippen molar-refractivity contribution < 1.29 is 4.74 Å². The third kappa shape index (κ3) is 6.28. The number of pyridine rings is 1. The van der Waals surface area contributed by atoms with Crippen LogP contribution in [0.4, 0.5) is 0 Å². The van der Waals surface area contributed by atoms with E-state index in [2.05, 4.69) is 45.0 Å². The fraction of sp³-hybridized carbons (Fsp3) is 0.412. The van der Waals surface area contributed by atoms with Gasteiger partial charge in [0.05, 0.1) is 6.61 Å². The lowest BCUT2D eigenvalue weighted by molar-refractivity contribution is 0.305. The highest BCUT2D eigenvalue weighted by Crippen LogP contribution is 2.08. The monoisotopic (exact) mass is 332 g/mol. The number of nitrogens with one attached hydrogen (secondary N) is 2. The molecule has 0 spiro atoms. The fourth-order valence-corrected chi connectivity index (χ4v) is 2.68. The maximum atomic E-state index is 5.48. The van der Waals surface area contributed by atoms with Crippen molar-refractivity contribution in [3.05, 3.63) is 46.3 Å². The Bertz CT molecular complexity index is 581. The second kappa shape index (κ2) is 9.84. The van der Waals surface area contributed by atoms with Gasteiger partial charge in [-0.15, -0.1) is 11.3 Å². The summed E-state index contributed by atoms with van der Waals surface area (Å²) in [5.74, 6) is 1.47. The Balaban J connectivity index is 1.72. The van der Waals surface area contributed by atoms with E-state index in [9.17, 15) is 0 Å². The maximum Gasteiger partial charge on any atom is 0.213 e. The average Bonchev–Trinajstić information content (AvgIpc) is 3.10. The van der Waals surface area contributed by atoms with Crippen LogP contribution in [0, 0.1) is 0 Å². The Labute approximate surface area is 141 Å². The number of hydrogen-bond acceptors (Lipinski definition) is 4. The predicted molar refractivity (Wildman–Crippen MR) is 96.2 cm³/mol. The summed E-state index contributed by atoms with van der Waals surface area (Å²) in [6.45, 7) is 4.32. The minimum Gasteiger partial charge on any atom is -0.478 e. The first kappa shape index (κ1) is 17.3. The number of ether oxygens (including phenoxy) is 1. The molecule has 0 aliphatic rings. The largest absolute Gasteiger partial charge is 0.478 e. The van der Waals surface area contributed by atoms with Gasteiger partial charge in [0.15, 0.2) is 5.96 Å². The molecule has 0 saturated heterocycles. The summed E-state index contributed by atoms with van der Waals surface area (Å²) >= 11 is 1.78. The SMILES string of the molecule is CCCOc1ccc(CNC(=NC)NCCc2cccs2)cn1. The summed E-state index contributed by atoms with van der Waals surface area (Å²) in [7, 11) is 1.78. The van der Waals surface area contributed by atoms with Crippen LogP contribution < -0.4 is 15.4 Å². The van der Waals surface area contributed by atoms with Crippen LogP contribution in [0.5, 0.6) is 5.88 Å². The van der Waals surface area contributed by atoms with E-state index in [4.69, 9.17) is 4.74 Å². The molecule has 0 atom stereocenters. The summed E-state index contributed by atoms with van der Waals surface area (Å²) in [5.41, 5.74) is 1.09. The summed E-state index contributed by atoms with van der Waals surface area (Å²) in [5, 5.41) is 8.71. The molecule has 0 fully saturated rings. The molecule has 0 saturated carbocycles. The Hall–Kier alpha value is -2.08. The van der Waals surface area contributed by atoms with Crippen LogP contribution in [-0.2, 0) is 13.0 Å². The number of thiophene rings is 1. The van der Waals surface area contributed by atoms with E-state index in [1.54, 1.807) is 18.4 Å². The molecule has 2 aromatic rings. The second-order valence-electron chi connectivity index (χ2n) is 5.04. The number of guanidine groups is 1. The average molecular weight is 332 g/mol. The van der Waals surface area contributed by atoms with Gasteiger partial charge in [0.1, 0.15) is 0 Å². The van der Waals surface area contributed by atoms with Crippen molar-refractivity contribution in [2.24, 2.45) is 4.99 Å². The fourth-order valence-electron chi connectivity index (χ4n) is 1.97. The van der Waals surface area contributed by atoms with E-state index in [1.807, 2.05) is 18.3 Å². The number of aromatic nitrogens is 1. The van der Waals surface area contributed by atoms with Crippen LogP contribution in [-0.4, -0.2) is 31.1 Å². The van der Waals surface area contributed by atoms with Crippen LogP contribution in [0.15, 0.2) is 40.8 Å². The molecule has 6 heteroatoms.